The number of hydrogen-bond acceptors (Lipinski definition) is 9. The van der Waals surface area contributed by atoms with Gasteiger partial charge in [0.2, 0.25) is 0 Å². The van der Waals surface area contributed by atoms with Crippen molar-refractivity contribution in [3.63, 3.8) is 0 Å². The zero-order valence-electron chi connectivity index (χ0n) is 19.0. The highest BCUT2D eigenvalue weighted by molar-refractivity contribution is 7.07. The molecule has 0 spiro atoms. The maximum atomic E-state index is 13.5. The molecule has 3 heterocycles. The molecule has 10 heteroatoms. The molecule has 4 rings (SSSR count). The lowest BCUT2D eigenvalue weighted by Crippen LogP contribution is -2.39. The van der Waals surface area contributed by atoms with Crippen LogP contribution in [0.1, 0.15) is 38.1 Å². The Morgan fingerprint density at radius 1 is 1.26 bits per heavy atom. The fourth-order valence-corrected chi connectivity index (χ4v) is 4.72. The highest BCUT2D eigenvalue weighted by atomic mass is 32.1. The van der Waals surface area contributed by atoms with E-state index in [0.29, 0.717) is 32.1 Å². The molecule has 0 saturated carbocycles. The maximum absolute atomic E-state index is 13.5. The summed E-state index contributed by atoms with van der Waals surface area (Å²) < 4.78 is 23.1. The first-order valence-electron chi connectivity index (χ1n) is 10.4. The summed E-state index contributed by atoms with van der Waals surface area (Å²) in [5.74, 6) is 0.0412. The molecule has 176 valence electrons. The molecule has 0 aliphatic carbocycles. The molecule has 34 heavy (non-hydrogen) atoms. The third-order valence-corrected chi connectivity index (χ3v) is 6.05. The first-order valence-corrected chi connectivity index (χ1v) is 11.2. The Morgan fingerprint density at radius 2 is 2.06 bits per heavy atom. The molecule has 0 saturated heterocycles. The lowest BCUT2D eigenvalue weighted by Gasteiger charge is -2.22. The smallest absolute Gasteiger partial charge is 0.338 e. The van der Waals surface area contributed by atoms with E-state index in [0.717, 1.165) is 0 Å². The fourth-order valence-electron chi connectivity index (χ4n) is 3.67. The van der Waals surface area contributed by atoms with Gasteiger partial charge < -0.3 is 18.6 Å². The average molecular weight is 483 g/mol. The zero-order chi connectivity index (χ0) is 24.4. The minimum absolute atomic E-state index is 0.191. The van der Waals surface area contributed by atoms with Gasteiger partial charge in [0.25, 0.3) is 5.56 Å². The van der Waals surface area contributed by atoms with E-state index in [1.165, 1.54) is 36.2 Å². The number of carbonyl (C=O) groups excluding carboxylic acids is 2. The fraction of sp³-hybridized carbons (Fsp3) is 0.250. The summed E-state index contributed by atoms with van der Waals surface area (Å²) in [5, 5.41) is 0. The van der Waals surface area contributed by atoms with Gasteiger partial charge in [-0.3, -0.25) is 14.2 Å². The number of furan rings is 1. The number of hydrogen-bond donors (Lipinski definition) is 0. The van der Waals surface area contributed by atoms with Gasteiger partial charge in [0.1, 0.15) is 11.8 Å². The molecule has 3 aromatic rings. The van der Waals surface area contributed by atoms with Crippen molar-refractivity contribution in [3.8, 4) is 11.5 Å². The third kappa shape index (κ3) is 4.32. The van der Waals surface area contributed by atoms with Gasteiger partial charge in [-0.05, 0) is 49.8 Å². The number of thiazole rings is 1. The first kappa shape index (κ1) is 23.2. The van der Waals surface area contributed by atoms with Gasteiger partial charge in [0.05, 0.1) is 35.8 Å². The topological polar surface area (TPSA) is 109 Å². The van der Waals surface area contributed by atoms with E-state index in [-0.39, 0.29) is 23.5 Å². The van der Waals surface area contributed by atoms with Crippen LogP contribution >= 0.6 is 11.3 Å². The second-order valence-electron chi connectivity index (χ2n) is 7.32. The number of allylic oxidation sites excluding steroid dienone is 1. The minimum Gasteiger partial charge on any atom is -0.493 e. The van der Waals surface area contributed by atoms with Crippen molar-refractivity contribution in [2.24, 2.45) is 4.99 Å². The zero-order valence-corrected chi connectivity index (χ0v) is 19.8. The van der Waals surface area contributed by atoms with Crippen LogP contribution in [0.3, 0.4) is 0 Å². The molecule has 1 aliphatic heterocycles. The minimum atomic E-state index is -0.798. The van der Waals surface area contributed by atoms with Crippen LogP contribution in [-0.4, -0.2) is 30.2 Å². The number of rotatable bonds is 6. The van der Waals surface area contributed by atoms with Gasteiger partial charge >= 0.3 is 11.9 Å². The Bertz CT molecular complexity index is 1460. The second kappa shape index (κ2) is 9.52. The molecule has 1 aliphatic rings. The predicted molar refractivity (Wildman–Crippen MR) is 123 cm³/mol. The molecule has 0 bridgehead atoms. The van der Waals surface area contributed by atoms with E-state index < -0.39 is 18.0 Å². The molecule has 2 aromatic heterocycles. The Hall–Kier alpha value is -3.92. The van der Waals surface area contributed by atoms with E-state index >= 15 is 0 Å². The van der Waals surface area contributed by atoms with Crippen molar-refractivity contribution in [2.75, 3.05) is 13.7 Å². The number of aromatic nitrogens is 1. The van der Waals surface area contributed by atoms with Crippen LogP contribution in [0, 0.1) is 0 Å². The van der Waals surface area contributed by atoms with Gasteiger partial charge in [0, 0.05) is 6.92 Å². The van der Waals surface area contributed by atoms with Crippen molar-refractivity contribution in [2.45, 2.75) is 26.8 Å². The van der Waals surface area contributed by atoms with Gasteiger partial charge in [-0.15, -0.1) is 0 Å². The molecular formula is C24H22N2O7S. The van der Waals surface area contributed by atoms with Crippen molar-refractivity contribution in [3.05, 3.63) is 78.9 Å². The van der Waals surface area contributed by atoms with Gasteiger partial charge in [-0.25, -0.2) is 9.79 Å². The van der Waals surface area contributed by atoms with Crippen molar-refractivity contribution in [1.82, 2.24) is 4.57 Å². The van der Waals surface area contributed by atoms with Crippen LogP contribution in [0.25, 0.3) is 6.08 Å². The molecule has 9 nitrogen and oxygen atoms in total. The number of methoxy groups -OCH3 is 1. The lowest BCUT2D eigenvalue weighted by molar-refractivity contribution is -0.139. The van der Waals surface area contributed by atoms with Crippen molar-refractivity contribution >= 4 is 29.4 Å². The number of benzene rings is 1. The van der Waals surface area contributed by atoms with E-state index in [2.05, 4.69) is 4.99 Å². The van der Waals surface area contributed by atoms with E-state index in [1.807, 2.05) is 0 Å². The van der Waals surface area contributed by atoms with E-state index in [4.69, 9.17) is 18.6 Å². The number of carbonyl (C=O) groups is 2. The number of ether oxygens (including phenoxy) is 3. The molecule has 1 atom stereocenters. The van der Waals surface area contributed by atoms with Crippen LogP contribution < -0.4 is 24.4 Å². The Labute approximate surface area is 198 Å². The quantitative estimate of drug-likeness (QED) is 0.392. The Kier molecular flexibility index (Phi) is 6.51. The molecule has 0 amide bonds. The summed E-state index contributed by atoms with van der Waals surface area (Å²) in [4.78, 5) is 42.5. The summed E-state index contributed by atoms with van der Waals surface area (Å²) in [7, 11) is 1.46. The van der Waals surface area contributed by atoms with Crippen LogP contribution in [0.4, 0.5) is 0 Å². The van der Waals surface area contributed by atoms with Crippen LogP contribution in [0.2, 0.25) is 0 Å². The number of esters is 2. The SMILES string of the molecule is CCOC(=O)C1=C(C)N=c2s/c(=C/c3ccc(OC(C)=O)c(OC)c3)c(=O)n2[C@H]1c1ccco1. The Morgan fingerprint density at radius 3 is 2.71 bits per heavy atom. The first-order chi connectivity index (χ1) is 16.3. The number of fused-ring (bicyclic) bond motifs is 1. The van der Waals surface area contributed by atoms with Crippen molar-refractivity contribution in [1.29, 1.82) is 0 Å². The summed E-state index contributed by atoms with van der Waals surface area (Å²) >= 11 is 1.19. The summed E-state index contributed by atoms with van der Waals surface area (Å²) in [6.07, 6.45) is 3.17. The van der Waals surface area contributed by atoms with Crippen molar-refractivity contribution < 1.29 is 28.2 Å². The highest BCUT2D eigenvalue weighted by Gasteiger charge is 2.35. The maximum Gasteiger partial charge on any atom is 0.338 e. The van der Waals surface area contributed by atoms with Gasteiger partial charge in [0.15, 0.2) is 16.3 Å². The normalized spacial score (nSPS) is 15.5. The van der Waals surface area contributed by atoms with Crippen LogP contribution in [-0.2, 0) is 14.3 Å². The van der Waals surface area contributed by atoms with Gasteiger partial charge in [-0.2, -0.15) is 0 Å². The Balaban J connectivity index is 1.86. The summed E-state index contributed by atoms with van der Waals surface area (Å²) in [6.45, 7) is 4.91. The predicted octanol–water partition coefficient (Wildman–Crippen LogP) is 2.33. The van der Waals surface area contributed by atoms with Crippen LogP contribution in [0.5, 0.6) is 11.5 Å². The summed E-state index contributed by atoms with van der Waals surface area (Å²) in [5.41, 5.74) is 1.04. The molecule has 0 fully saturated rings. The highest BCUT2D eigenvalue weighted by Crippen LogP contribution is 2.31. The largest absolute Gasteiger partial charge is 0.493 e. The van der Waals surface area contributed by atoms with E-state index in [9.17, 15) is 14.4 Å². The monoisotopic (exact) mass is 482 g/mol. The standard InChI is InChI=1S/C24H22N2O7S/c1-5-31-23(29)20-13(2)25-24-26(21(20)17-7-6-10-32-17)22(28)19(34-24)12-15-8-9-16(33-14(3)27)18(11-15)30-4/h6-12,21H,5H2,1-4H3/b19-12+/t21-/m0/s1. The van der Waals surface area contributed by atoms with Gasteiger partial charge in [-0.1, -0.05) is 17.4 Å². The van der Waals surface area contributed by atoms with E-state index in [1.54, 1.807) is 50.3 Å². The average Bonchev–Trinajstić information content (AvgIpc) is 3.42. The van der Waals surface area contributed by atoms with Crippen LogP contribution in [0.15, 0.2) is 62.1 Å². The molecular weight excluding hydrogens is 460 g/mol. The number of nitrogens with zero attached hydrogens (tertiary/aromatic N) is 2. The molecule has 0 N–H and O–H groups in total. The lowest BCUT2D eigenvalue weighted by atomic mass is 10.0. The molecule has 0 unspecified atom stereocenters. The summed E-state index contributed by atoms with van der Waals surface area (Å²) in [6, 6.07) is 7.57. The third-order valence-electron chi connectivity index (χ3n) is 5.07. The second-order valence-corrected chi connectivity index (χ2v) is 8.33. The molecule has 0 radical (unpaired) electrons. The molecule has 1 aromatic carbocycles.